The molecule has 0 aliphatic rings. The summed E-state index contributed by atoms with van der Waals surface area (Å²) in [6.07, 6.45) is 0. The van der Waals surface area contributed by atoms with Crippen LogP contribution in [-0.4, -0.2) is 0 Å². The second kappa shape index (κ2) is 5.87. The maximum atomic E-state index is 3.82. The van der Waals surface area contributed by atoms with Crippen LogP contribution in [-0.2, 0) is 0 Å². The van der Waals surface area contributed by atoms with Crippen LogP contribution < -0.4 is 0 Å². The van der Waals surface area contributed by atoms with Gasteiger partial charge in [0.1, 0.15) is 0 Å². The lowest BCUT2D eigenvalue weighted by molar-refractivity contribution is 1.43. The molecule has 0 saturated carbocycles. The minimum Gasteiger partial charge on any atom is -0.0620 e. The van der Waals surface area contributed by atoms with Crippen LogP contribution in [0.1, 0.15) is 11.1 Å². The topological polar surface area (TPSA) is 0 Å². The van der Waals surface area contributed by atoms with E-state index < -0.39 is 0 Å². The van der Waals surface area contributed by atoms with E-state index in [4.69, 9.17) is 0 Å². The molecule has 3 aromatic rings. The van der Waals surface area contributed by atoms with Gasteiger partial charge in [0.05, 0.1) is 0 Å². The Hall–Kier alpha value is -1.86. The lowest BCUT2D eigenvalue weighted by Gasteiger charge is -2.14. The molecule has 0 amide bonds. The standard InChI is InChI=1S/C20H17Br/c1-14-8-3-5-10-16(14)18-12-7-13-19(20(18)21)17-11-6-4-9-15(17)2/h3-13H,1-2H3. The largest absolute Gasteiger partial charge is 0.0620 e. The van der Waals surface area contributed by atoms with Gasteiger partial charge in [-0.1, -0.05) is 66.7 Å². The highest BCUT2D eigenvalue weighted by molar-refractivity contribution is 9.10. The van der Waals surface area contributed by atoms with Crippen molar-refractivity contribution in [2.75, 3.05) is 0 Å². The molecule has 0 heterocycles. The molecule has 0 unspecified atom stereocenters. The normalized spacial score (nSPS) is 10.6. The molecule has 0 radical (unpaired) electrons. The molecule has 1 heteroatoms. The van der Waals surface area contributed by atoms with Crippen LogP contribution in [0, 0.1) is 13.8 Å². The van der Waals surface area contributed by atoms with Crippen molar-refractivity contribution in [2.24, 2.45) is 0 Å². The van der Waals surface area contributed by atoms with E-state index in [9.17, 15) is 0 Å². The van der Waals surface area contributed by atoms with E-state index in [0.717, 1.165) is 4.47 Å². The van der Waals surface area contributed by atoms with Crippen LogP contribution in [0.3, 0.4) is 0 Å². The zero-order valence-corrected chi connectivity index (χ0v) is 13.8. The number of hydrogen-bond donors (Lipinski definition) is 0. The summed E-state index contributed by atoms with van der Waals surface area (Å²) in [4.78, 5) is 0. The minimum absolute atomic E-state index is 1.16. The first kappa shape index (κ1) is 14.1. The van der Waals surface area contributed by atoms with E-state index in [2.05, 4.69) is 96.5 Å². The Morgan fingerprint density at radius 3 is 1.33 bits per heavy atom. The Kier molecular flexibility index (Phi) is 3.94. The summed E-state index contributed by atoms with van der Waals surface area (Å²) in [6, 6.07) is 23.5. The number of halogens is 1. The molecule has 0 saturated heterocycles. The van der Waals surface area contributed by atoms with Crippen molar-refractivity contribution < 1.29 is 0 Å². The number of aryl methyl sites for hydroxylation is 2. The Bertz CT molecular complexity index is 724. The van der Waals surface area contributed by atoms with E-state index in [1.807, 2.05) is 0 Å². The molecule has 104 valence electrons. The fourth-order valence-electron chi connectivity index (χ4n) is 2.70. The van der Waals surface area contributed by atoms with Crippen molar-refractivity contribution in [3.05, 3.63) is 82.3 Å². The predicted octanol–water partition coefficient (Wildman–Crippen LogP) is 6.40. The summed E-state index contributed by atoms with van der Waals surface area (Å²) in [5.74, 6) is 0. The third kappa shape index (κ3) is 2.66. The summed E-state index contributed by atoms with van der Waals surface area (Å²) < 4.78 is 1.16. The molecule has 0 aliphatic heterocycles. The summed E-state index contributed by atoms with van der Waals surface area (Å²) >= 11 is 3.82. The Morgan fingerprint density at radius 1 is 0.524 bits per heavy atom. The first-order chi connectivity index (χ1) is 10.2. The zero-order valence-electron chi connectivity index (χ0n) is 12.2. The molecular weight excluding hydrogens is 320 g/mol. The fraction of sp³-hybridized carbons (Fsp3) is 0.100. The van der Waals surface area contributed by atoms with Crippen molar-refractivity contribution in [1.29, 1.82) is 0 Å². The van der Waals surface area contributed by atoms with Gasteiger partial charge in [0, 0.05) is 4.47 Å². The summed E-state index contributed by atoms with van der Waals surface area (Å²) in [6.45, 7) is 4.31. The fourth-order valence-corrected chi connectivity index (χ4v) is 3.39. The van der Waals surface area contributed by atoms with E-state index in [0.29, 0.717) is 0 Å². The van der Waals surface area contributed by atoms with Gasteiger partial charge in [0.2, 0.25) is 0 Å². The van der Waals surface area contributed by atoms with Gasteiger partial charge in [-0.25, -0.2) is 0 Å². The van der Waals surface area contributed by atoms with E-state index >= 15 is 0 Å². The summed E-state index contributed by atoms with van der Waals surface area (Å²) in [5.41, 5.74) is 7.63. The van der Waals surface area contributed by atoms with Crippen molar-refractivity contribution in [1.82, 2.24) is 0 Å². The van der Waals surface area contributed by atoms with E-state index in [1.54, 1.807) is 0 Å². The maximum Gasteiger partial charge on any atom is 0.0332 e. The molecule has 21 heavy (non-hydrogen) atoms. The first-order valence-corrected chi connectivity index (χ1v) is 7.88. The van der Waals surface area contributed by atoms with Gasteiger partial charge in [-0.05, 0) is 63.2 Å². The molecule has 0 nitrogen and oxygen atoms in total. The molecular formula is C20H17Br. The van der Waals surface area contributed by atoms with Crippen LogP contribution in [0.15, 0.2) is 71.2 Å². The van der Waals surface area contributed by atoms with E-state index in [-0.39, 0.29) is 0 Å². The predicted molar refractivity (Wildman–Crippen MR) is 94.5 cm³/mol. The molecule has 0 atom stereocenters. The maximum absolute atomic E-state index is 3.82. The second-order valence-electron chi connectivity index (χ2n) is 5.30. The smallest absolute Gasteiger partial charge is 0.0332 e. The van der Waals surface area contributed by atoms with Gasteiger partial charge in [0.15, 0.2) is 0 Å². The molecule has 3 rings (SSSR count). The summed E-state index contributed by atoms with van der Waals surface area (Å²) in [5, 5.41) is 0. The van der Waals surface area contributed by atoms with Gasteiger partial charge in [-0.15, -0.1) is 0 Å². The third-order valence-corrected chi connectivity index (χ3v) is 4.72. The third-order valence-electron chi connectivity index (χ3n) is 3.87. The average molecular weight is 337 g/mol. The number of rotatable bonds is 2. The Balaban J connectivity index is 2.21. The van der Waals surface area contributed by atoms with Gasteiger partial charge in [0.25, 0.3) is 0 Å². The van der Waals surface area contributed by atoms with Gasteiger partial charge in [-0.3, -0.25) is 0 Å². The molecule has 0 bridgehead atoms. The minimum atomic E-state index is 1.16. The van der Waals surface area contributed by atoms with Crippen LogP contribution in [0.5, 0.6) is 0 Å². The highest BCUT2D eigenvalue weighted by atomic mass is 79.9. The highest BCUT2D eigenvalue weighted by Gasteiger charge is 2.11. The Morgan fingerprint density at radius 2 is 0.905 bits per heavy atom. The number of benzene rings is 3. The molecule has 0 fully saturated rings. The SMILES string of the molecule is Cc1ccccc1-c1cccc(-c2ccccc2C)c1Br. The van der Waals surface area contributed by atoms with E-state index in [1.165, 1.54) is 33.4 Å². The lowest BCUT2D eigenvalue weighted by atomic mass is 9.95. The van der Waals surface area contributed by atoms with Gasteiger partial charge < -0.3 is 0 Å². The van der Waals surface area contributed by atoms with Crippen LogP contribution in [0.25, 0.3) is 22.3 Å². The molecule has 0 aliphatic carbocycles. The number of hydrogen-bond acceptors (Lipinski definition) is 0. The quantitative estimate of drug-likeness (QED) is 0.507. The average Bonchev–Trinajstić information content (AvgIpc) is 2.49. The van der Waals surface area contributed by atoms with Crippen molar-refractivity contribution in [3.8, 4) is 22.3 Å². The molecule has 0 spiro atoms. The summed E-state index contributed by atoms with van der Waals surface area (Å²) in [7, 11) is 0. The zero-order chi connectivity index (χ0) is 14.8. The van der Waals surface area contributed by atoms with Crippen LogP contribution in [0.4, 0.5) is 0 Å². The monoisotopic (exact) mass is 336 g/mol. The van der Waals surface area contributed by atoms with Crippen LogP contribution >= 0.6 is 15.9 Å². The lowest BCUT2D eigenvalue weighted by Crippen LogP contribution is -1.89. The van der Waals surface area contributed by atoms with Crippen LogP contribution in [0.2, 0.25) is 0 Å². The first-order valence-electron chi connectivity index (χ1n) is 7.09. The Labute approximate surface area is 134 Å². The molecule has 0 aromatic heterocycles. The van der Waals surface area contributed by atoms with Crippen molar-refractivity contribution >= 4 is 15.9 Å². The second-order valence-corrected chi connectivity index (χ2v) is 6.09. The van der Waals surface area contributed by atoms with Gasteiger partial charge in [-0.2, -0.15) is 0 Å². The molecule has 3 aromatic carbocycles. The highest BCUT2D eigenvalue weighted by Crippen LogP contribution is 2.38. The van der Waals surface area contributed by atoms with Gasteiger partial charge >= 0.3 is 0 Å². The van der Waals surface area contributed by atoms with Crippen molar-refractivity contribution in [2.45, 2.75) is 13.8 Å². The molecule has 0 N–H and O–H groups in total. The van der Waals surface area contributed by atoms with Crippen molar-refractivity contribution in [3.63, 3.8) is 0 Å².